The fraction of sp³-hybridized carbons (Fsp3) is 0.200. The molecule has 0 aliphatic heterocycles. The Bertz CT molecular complexity index is 954. The molecule has 0 bridgehead atoms. The Hall–Kier alpha value is -2.25. The lowest BCUT2D eigenvalue weighted by atomic mass is 10.2. The first-order chi connectivity index (χ1) is 12.3. The van der Waals surface area contributed by atoms with Crippen LogP contribution in [0.2, 0.25) is 5.28 Å². The molecule has 0 saturated heterocycles. The van der Waals surface area contributed by atoms with E-state index in [4.69, 9.17) is 16.1 Å². The smallest absolute Gasteiger partial charge is 0.421 e. The van der Waals surface area contributed by atoms with E-state index in [-0.39, 0.29) is 11.0 Å². The second kappa shape index (κ2) is 7.17. The maximum absolute atomic E-state index is 13.2. The highest BCUT2D eigenvalue weighted by Gasteiger charge is 2.35. The van der Waals surface area contributed by atoms with Crippen LogP contribution in [0.4, 0.5) is 24.7 Å². The maximum atomic E-state index is 13.2. The van der Waals surface area contributed by atoms with Crippen LogP contribution in [0.3, 0.4) is 0 Å². The molecule has 1 aromatic carbocycles. The number of fused-ring (bicyclic) bond motifs is 1. The van der Waals surface area contributed by atoms with E-state index in [1.54, 1.807) is 12.1 Å². The van der Waals surface area contributed by atoms with Gasteiger partial charge in [-0.15, -0.1) is 0 Å². The van der Waals surface area contributed by atoms with Crippen molar-refractivity contribution < 1.29 is 17.7 Å². The molecule has 3 rings (SSSR count). The highest BCUT2D eigenvalue weighted by molar-refractivity contribution is 7.51. The van der Waals surface area contributed by atoms with Gasteiger partial charge in [0.05, 0.1) is 19.4 Å². The molecule has 0 aliphatic rings. The van der Waals surface area contributed by atoms with Crippen LogP contribution < -0.4 is 9.84 Å². The minimum atomic E-state index is -4.65. The summed E-state index contributed by atoms with van der Waals surface area (Å²) in [6.45, 7) is 3.72. The normalized spacial score (nSPS) is 11.8. The monoisotopic (exact) mass is 401 g/mol. The van der Waals surface area contributed by atoms with Crippen molar-refractivity contribution in [3.8, 4) is 5.75 Å². The molecular formula is C15H12ClF3N5OP. The lowest BCUT2D eigenvalue weighted by Crippen LogP contribution is -2.11. The lowest BCUT2D eigenvalue weighted by molar-refractivity contribution is -0.137. The zero-order valence-electron chi connectivity index (χ0n) is 13.5. The Labute approximate surface area is 152 Å². The summed E-state index contributed by atoms with van der Waals surface area (Å²) >= 11 is 5.67. The Balaban J connectivity index is 2.14. The number of nitrogens with one attached hydrogen (secondary N) is 1. The molecule has 1 N–H and O–H groups in total. The topological polar surface area (TPSA) is 72.8 Å². The molecule has 0 aliphatic carbocycles. The second-order valence-electron chi connectivity index (χ2n) is 5.29. The van der Waals surface area contributed by atoms with Crippen molar-refractivity contribution in [2.24, 2.45) is 0 Å². The van der Waals surface area contributed by atoms with Crippen LogP contribution in [-0.4, -0.2) is 33.3 Å². The Morgan fingerprint density at radius 2 is 1.85 bits per heavy atom. The molecular weight excluding hydrogens is 390 g/mol. The van der Waals surface area contributed by atoms with Gasteiger partial charge in [-0.2, -0.15) is 18.2 Å². The third-order valence-electron chi connectivity index (χ3n) is 3.19. The Morgan fingerprint density at radius 3 is 2.54 bits per heavy atom. The van der Waals surface area contributed by atoms with Gasteiger partial charge >= 0.3 is 6.18 Å². The predicted molar refractivity (Wildman–Crippen MR) is 94.3 cm³/mol. The van der Waals surface area contributed by atoms with E-state index in [0.717, 1.165) is 0 Å². The molecule has 0 atom stereocenters. The summed E-state index contributed by atoms with van der Waals surface area (Å²) in [5, 5.41) is 2.34. The molecule has 2 aromatic heterocycles. The number of hydrogen-bond acceptors (Lipinski definition) is 6. The van der Waals surface area contributed by atoms with Crippen LogP contribution in [0.25, 0.3) is 11.0 Å². The van der Waals surface area contributed by atoms with Gasteiger partial charge in [-0.05, 0) is 37.1 Å². The number of hydrogen-bond donors (Lipinski definition) is 1. The molecule has 2 heterocycles. The number of alkyl halides is 3. The van der Waals surface area contributed by atoms with Crippen molar-refractivity contribution in [2.75, 3.05) is 18.6 Å². The molecule has 0 amide bonds. The van der Waals surface area contributed by atoms with Crippen molar-refractivity contribution >= 4 is 42.3 Å². The summed E-state index contributed by atoms with van der Waals surface area (Å²) in [5.74, 6) is -0.170. The van der Waals surface area contributed by atoms with Crippen LogP contribution in [0.5, 0.6) is 5.75 Å². The van der Waals surface area contributed by atoms with Crippen molar-refractivity contribution in [1.29, 1.82) is 0 Å². The number of aromatic nitrogens is 4. The molecule has 3 aromatic rings. The molecule has 0 radical (unpaired) electrons. The number of halogens is 4. The SMILES string of the molecule is CP(C)Oc1c(Nc2nc(Cl)ncc2C(F)(F)F)ccc2nccnc12. The van der Waals surface area contributed by atoms with E-state index in [1.807, 2.05) is 13.3 Å². The highest BCUT2D eigenvalue weighted by atomic mass is 35.5. The zero-order chi connectivity index (χ0) is 18.9. The summed E-state index contributed by atoms with van der Waals surface area (Å²) in [4.78, 5) is 15.5. The van der Waals surface area contributed by atoms with Crippen molar-refractivity contribution in [3.05, 3.63) is 41.6 Å². The number of rotatable bonds is 4. The third-order valence-corrected chi connectivity index (χ3v) is 3.92. The van der Waals surface area contributed by atoms with Gasteiger partial charge in [0.15, 0.2) is 5.75 Å². The predicted octanol–water partition coefficient (Wildman–Crippen LogP) is 4.87. The summed E-state index contributed by atoms with van der Waals surface area (Å²) in [6.07, 6.45) is -1.01. The highest BCUT2D eigenvalue weighted by Crippen LogP contribution is 2.42. The van der Waals surface area contributed by atoms with Gasteiger partial charge in [0, 0.05) is 18.6 Å². The minimum Gasteiger partial charge on any atom is -0.470 e. The van der Waals surface area contributed by atoms with Crippen molar-refractivity contribution in [3.63, 3.8) is 0 Å². The van der Waals surface area contributed by atoms with Gasteiger partial charge in [0.25, 0.3) is 0 Å². The summed E-state index contributed by atoms with van der Waals surface area (Å²) < 4.78 is 45.5. The van der Waals surface area contributed by atoms with Crippen LogP contribution in [0, 0.1) is 0 Å². The lowest BCUT2D eigenvalue weighted by Gasteiger charge is -2.18. The molecule has 0 unspecified atom stereocenters. The number of anilines is 2. The minimum absolute atomic E-state index is 0.273. The van der Waals surface area contributed by atoms with E-state index in [9.17, 15) is 13.2 Å². The molecule has 6 nitrogen and oxygen atoms in total. The molecule has 0 saturated carbocycles. The van der Waals surface area contributed by atoms with Gasteiger partial charge in [0.1, 0.15) is 16.9 Å². The van der Waals surface area contributed by atoms with Crippen LogP contribution in [0.15, 0.2) is 30.7 Å². The average molecular weight is 402 g/mol. The van der Waals surface area contributed by atoms with E-state index < -0.39 is 25.7 Å². The number of nitrogens with zero attached hydrogens (tertiary/aromatic N) is 4. The van der Waals surface area contributed by atoms with Gasteiger partial charge in [-0.1, -0.05) is 0 Å². The molecule has 136 valence electrons. The first-order valence-corrected chi connectivity index (χ1v) is 9.74. The third kappa shape index (κ3) is 3.94. The quantitative estimate of drug-likeness (QED) is 0.496. The van der Waals surface area contributed by atoms with Crippen LogP contribution in [0.1, 0.15) is 5.56 Å². The van der Waals surface area contributed by atoms with E-state index in [0.29, 0.717) is 23.0 Å². The first-order valence-electron chi connectivity index (χ1n) is 7.21. The summed E-state index contributed by atoms with van der Waals surface area (Å²) in [7, 11) is -0.866. The summed E-state index contributed by atoms with van der Waals surface area (Å²) in [6, 6.07) is 3.18. The van der Waals surface area contributed by atoms with Gasteiger partial charge in [-0.25, -0.2) is 9.97 Å². The van der Waals surface area contributed by atoms with E-state index >= 15 is 0 Å². The standard InChI is InChI=1S/C15H12ClF3N5OP/c1-26(2)25-12-10(4-3-9-11(12)21-6-5-20-9)23-13-8(15(17,18)19)7-22-14(16)24-13/h3-7H,1-2H3,(H,22,23,24). The zero-order valence-corrected chi connectivity index (χ0v) is 15.2. The van der Waals surface area contributed by atoms with Gasteiger partial charge in [-0.3, -0.25) is 4.98 Å². The van der Waals surface area contributed by atoms with Crippen LogP contribution >= 0.6 is 19.7 Å². The van der Waals surface area contributed by atoms with Gasteiger partial charge in [0.2, 0.25) is 5.28 Å². The summed E-state index contributed by atoms with van der Waals surface area (Å²) in [5.41, 5.74) is 0.223. The average Bonchev–Trinajstić information content (AvgIpc) is 2.55. The fourth-order valence-electron chi connectivity index (χ4n) is 2.18. The molecule has 0 fully saturated rings. The molecule has 11 heteroatoms. The Morgan fingerprint density at radius 1 is 1.12 bits per heavy atom. The van der Waals surface area contributed by atoms with E-state index in [2.05, 4.69) is 25.3 Å². The van der Waals surface area contributed by atoms with Crippen molar-refractivity contribution in [1.82, 2.24) is 19.9 Å². The fourth-order valence-corrected chi connectivity index (χ4v) is 2.86. The second-order valence-corrected chi connectivity index (χ2v) is 7.44. The van der Waals surface area contributed by atoms with Crippen molar-refractivity contribution in [2.45, 2.75) is 6.18 Å². The Kier molecular flexibility index (Phi) is 5.11. The van der Waals surface area contributed by atoms with E-state index in [1.165, 1.54) is 12.4 Å². The number of benzene rings is 1. The molecule has 0 spiro atoms. The van der Waals surface area contributed by atoms with Crippen LogP contribution in [-0.2, 0) is 6.18 Å². The first kappa shape index (κ1) is 18.5. The molecule has 26 heavy (non-hydrogen) atoms. The maximum Gasteiger partial charge on any atom is 0.421 e. The van der Waals surface area contributed by atoms with Gasteiger partial charge < -0.3 is 9.84 Å². The largest absolute Gasteiger partial charge is 0.470 e.